The van der Waals surface area contributed by atoms with E-state index in [4.69, 9.17) is 11.6 Å². The Morgan fingerprint density at radius 3 is 2.60 bits per heavy atom. The van der Waals surface area contributed by atoms with Gasteiger partial charge in [0.2, 0.25) is 0 Å². The average molecular weight is 298 g/mol. The molecular formula is C15H14ClF2NO. The Bertz CT molecular complexity index is 599. The Kier molecular flexibility index (Phi) is 4.57. The van der Waals surface area contributed by atoms with Gasteiger partial charge in [-0.3, -0.25) is 0 Å². The van der Waals surface area contributed by atoms with Gasteiger partial charge in [-0.2, -0.15) is 0 Å². The Balaban J connectivity index is 2.31. The summed E-state index contributed by atoms with van der Waals surface area (Å²) < 4.78 is 27.1. The molecule has 0 aliphatic heterocycles. The molecule has 1 unspecified atom stereocenters. The number of hydrogen-bond acceptors (Lipinski definition) is 2. The highest BCUT2D eigenvalue weighted by Crippen LogP contribution is 2.25. The Morgan fingerprint density at radius 2 is 1.95 bits per heavy atom. The third-order valence-electron chi connectivity index (χ3n) is 2.90. The largest absolute Gasteiger partial charge is 0.394 e. The summed E-state index contributed by atoms with van der Waals surface area (Å²) >= 11 is 5.84. The molecule has 0 saturated carbocycles. The zero-order chi connectivity index (χ0) is 14.7. The molecule has 0 aliphatic rings. The van der Waals surface area contributed by atoms with Crippen LogP contribution < -0.4 is 5.32 Å². The maximum absolute atomic E-state index is 13.8. The van der Waals surface area contributed by atoms with E-state index in [-0.39, 0.29) is 12.2 Å². The van der Waals surface area contributed by atoms with Crippen LogP contribution in [-0.4, -0.2) is 11.7 Å². The van der Waals surface area contributed by atoms with Crippen LogP contribution in [0.1, 0.15) is 17.2 Å². The molecule has 0 aromatic heterocycles. The highest BCUT2D eigenvalue weighted by Gasteiger charge is 2.16. The molecule has 0 heterocycles. The van der Waals surface area contributed by atoms with Gasteiger partial charge in [-0.15, -0.1) is 0 Å². The summed E-state index contributed by atoms with van der Waals surface area (Å²) in [4.78, 5) is 0. The van der Waals surface area contributed by atoms with E-state index in [0.717, 1.165) is 5.56 Å². The van der Waals surface area contributed by atoms with Gasteiger partial charge < -0.3 is 10.4 Å². The van der Waals surface area contributed by atoms with Gasteiger partial charge in [0.1, 0.15) is 11.6 Å². The maximum atomic E-state index is 13.8. The van der Waals surface area contributed by atoms with E-state index >= 15 is 0 Å². The molecule has 2 aromatic rings. The normalized spacial score (nSPS) is 12.2. The van der Waals surface area contributed by atoms with Crippen molar-refractivity contribution in [1.29, 1.82) is 0 Å². The molecule has 2 aromatic carbocycles. The molecule has 0 aliphatic carbocycles. The Morgan fingerprint density at radius 1 is 1.20 bits per heavy atom. The Hall–Kier alpha value is -1.65. The Labute approximate surface area is 121 Å². The van der Waals surface area contributed by atoms with Gasteiger partial charge in [0.05, 0.1) is 12.6 Å². The van der Waals surface area contributed by atoms with Crippen LogP contribution in [0.15, 0.2) is 36.4 Å². The molecule has 0 fully saturated rings. The molecule has 2 rings (SSSR count). The highest BCUT2D eigenvalue weighted by molar-refractivity contribution is 6.30. The zero-order valence-electron chi connectivity index (χ0n) is 10.8. The van der Waals surface area contributed by atoms with Gasteiger partial charge in [0, 0.05) is 16.3 Å². The predicted octanol–water partition coefficient (Wildman–Crippen LogP) is 4.07. The van der Waals surface area contributed by atoms with E-state index in [2.05, 4.69) is 5.32 Å². The minimum Gasteiger partial charge on any atom is -0.394 e. The van der Waals surface area contributed by atoms with Crippen LogP contribution in [0.5, 0.6) is 0 Å². The van der Waals surface area contributed by atoms with Gasteiger partial charge in [0.15, 0.2) is 0 Å². The van der Waals surface area contributed by atoms with Gasteiger partial charge in [-0.25, -0.2) is 8.78 Å². The summed E-state index contributed by atoms with van der Waals surface area (Å²) in [6, 6.07) is 7.80. The summed E-state index contributed by atoms with van der Waals surface area (Å²) in [5, 5.41) is 12.7. The van der Waals surface area contributed by atoms with Crippen LogP contribution in [0.4, 0.5) is 14.5 Å². The topological polar surface area (TPSA) is 32.3 Å². The second-order valence-electron chi connectivity index (χ2n) is 4.56. The number of rotatable bonds is 4. The molecular weight excluding hydrogens is 284 g/mol. The third kappa shape index (κ3) is 3.46. The van der Waals surface area contributed by atoms with Crippen molar-refractivity contribution in [3.63, 3.8) is 0 Å². The first kappa shape index (κ1) is 14.8. The number of aryl methyl sites for hydroxylation is 1. The lowest BCUT2D eigenvalue weighted by atomic mass is 10.1. The highest BCUT2D eigenvalue weighted by atomic mass is 35.5. The van der Waals surface area contributed by atoms with Crippen LogP contribution in [0.25, 0.3) is 0 Å². The number of anilines is 1. The van der Waals surface area contributed by atoms with Crippen molar-refractivity contribution < 1.29 is 13.9 Å². The predicted molar refractivity (Wildman–Crippen MR) is 76.0 cm³/mol. The standard InChI is InChI=1S/C15H14ClF2NO/c1-9-4-11(17)7-12(5-9)19-15(8-20)13-6-10(16)2-3-14(13)18/h2-7,15,19-20H,8H2,1H3. The molecule has 0 radical (unpaired) electrons. The van der Waals surface area contributed by atoms with Gasteiger partial charge >= 0.3 is 0 Å². The summed E-state index contributed by atoms with van der Waals surface area (Å²) in [7, 11) is 0. The number of benzene rings is 2. The SMILES string of the molecule is Cc1cc(F)cc(NC(CO)c2cc(Cl)ccc2F)c1. The van der Waals surface area contributed by atoms with E-state index in [9.17, 15) is 13.9 Å². The molecule has 1 atom stereocenters. The zero-order valence-corrected chi connectivity index (χ0v) is 11.6. The third-order valence-corrected chi connectivity index (χ3v) is 3.13. The lowest BCUT2D eigenvalue weighted by Gasteiger charge is -2.19. The smallest absolute Gasteiger partial charge is 0.128 e. The van der Waals surface area contributed by atoms with Crippen molar-refractivity contribution in [1.82, 2.24) is 0 Å². The van der Waals surface area contributed by atoms with Crippen molar-refractivity contribution in [3.8, 4) is 0 Å². The van der Waals surface area contributed by atoms with Gasteiger partial charge in [-0.05, 0) is 48.9 Å². The molecule has 0 amide bonds. The van der Waals surface area contributed by atoms with Crippen LogP contribution in [0.2, 0.25) is 5.02 Å². The molecule has 2 N–H and O–H groups in total. The fraction of sp³-hybridized carbons (Fsp3) is 0.200. The summed E-state index contributed by atoms with van der Waals surface area (Å²) in [5.74, 6) is -0.871. The van der Waals surface area contributed by atoms with Crippen LogP contribution in [-0.2, 0) is 0 Å². The first-order valence-corrected chi connectivity index (χ1v) is 6.47. The second-order valence-corrected chi connectivity index (χ2v) is 5.00. The number of hydrogen-bond donors (Lipinski definition) is 2. The summed E-state index contributed by atoms with van der Waals surface area (Å²) in [6.45, 7) is 1.41. The first-order valence-electron chi connectivity index (χ1n) is 6.09. The van der Waals surface area contributed by atoms with Gasteiger partial charge in [-0.1, -0.05) is 11.6 Å². The number of nitrogens with one attached hydrogen (secondary N) is 1. The molecule has 0 spiro atoms. The summed E-state index contributed by atoms with van der Waals surface area (Å²) in [5.41, 5.74) is 1.44. The van der Waals surface area contributed by atoms with Crippen molar-refractivity contribution in [3.05, 3.63) is 64.2 Å². The number of aliphatic hydroxyl groups is 1. The molecule has 20 heavy (non-hydrogen) atoms. The van der Waals surface area contributed by atoms with E-state index in [0.29, 0.717) is 10.7 Å². The molecule has 5 heteroatoms. The van der Waals surface area contributed by atoms with Crippen molar-refractivity contribution >= 4 is 17.3 Å². The first-order chi connectivity index (χ1) is 9.49. The van der Waals surface area contributed by atoms with Gasteiger partial charge in [0.25, 0.3) is 0 Å². The molecule has 0 saturated heterocycles. The van der Waals surface area contributed by atoms with E-state index < -0.39 is 17.7 Å². The minimum atomic E-state index is -0.699. The van der Waals surface area contributed by atoms with Crippen molar-refractivity contribution in [2.75, 3.05) is 11.9 Å². The lowest BCUT2D eigenvalue weighted by Crippen LogP contribution is -2.16. The molecule has 106 valence electrons. The average Bonchev–Trinajstić information content (AvgIpc) is 2.38. The van der Waals surface area contributed by atoms with Crippen LogP contribution in [0.3, 0.4) is 0 Å². The van der Waals surface area contributed by atoms with Crippen molar-refractivity contribution in [2.45, 2.75) is 13.0 Å². The molecule has 0 bridgehead atoms. The summed E-state index contributed by atoms with van der Waals surface area (Å²) in [6.07, 6.45) is 0. The van der Waals surface area contributed by atoms with E-state index in [1.54, 1.807) is 13.0 Å². The molecule has 2 nitrogen and oxygen atoms in total. The van der Waals surface area contributed by atoms with Crippen LogP contribution >= 0.6 is 11.6 Å². The van der Waals surface area contributed by atoms with Crippen molar-refractivity contribution in [2.24, 2.45) is 0 Å². The van der Waals surface area contributed by atoms with E-state index in [1.165, 1.54) is 30.3 Å². The second kappa shape index (κ2) is 6.20. The lowest BCUT2D eigenvalue weighted by molar-refractivity contribution is 0.274. The van der Waals surface area contributed by atoms with Crippen LogP contribution in [0, 0.1) is 18.6 Å². The maximum Gasteiger partial charge on any atom is 0.128 e. The fourth-order valence-electron chi connectivity index (χ4n) is 2.02. The van der Waals surface area contributed by atoms with E-state index in [1.807, 2.05) is 0 Å². The fourth-order valence-corrected chi connectivity index (χ4v) is 2.20. The number of halogens is 3. The number of aliphatic hydroxyl groups excluding tert-OH is 1. The quantitative estimate of drug-likeness (QED) is 0.891. The monoisotopic (exact) mass is 297 g/mol. The minimum absolute atomic E-state index is 0.238.